The molecule has 0 heterocycles. The molecule has 0 fully saturated rings. The largest absolute Gasteiger partial charge is 0.491 e. The summed E-state index contributed by atoms with van der Waals surface area (Å²) in [5.74, 6) is 4.93. The summed E-state index contributed by atoms with van der Waals surface area (Å²) in [4.78, 5) is 10.9. The first-order valence-electron chi connectivity index (χ1n) is 5.02. The molecule has 0 saturated heterocycles. The molecule has 0 bridgehead atoms. The Morgan fingerprint density at radius 2 is 1.94 bits per heavy atom. The van der Waals surface area contributed by atoms with E-state index in [4.69, 9.17) is 18.8 Å². The number of hydrazine groups is 1. The van der Waals surface area contributed by atoms with Crippen LogP contribution in [0.15, 0.2) is 0 Å². The van der Waals surface area contributed by atoms with E-state index in [1.54, 1.807) is 14.2 Å². The van der Waals surface area contributed by atoms with Gasteiger partial charge in [-0.3, -0.25) is 5.43 Å². The summed E-state index contributed by atoms with van der Waals surface area (Å²) < 4.78 is 16.5. The molecule has 16 heavy (non-hydrogen) atoms. The van der Waals surface area contributed by atoms with Crippen LogP contribution in [-0.4, -0.2) is 44.6 Å². The molecule has 0 radical (unpaired) electrons. The zero-order valence-corrected chi connectivity index (χ0v) is 12.4. The van der Waals surface area contributed by atoms with Gasteiger partial charge in [-0.15, -0.1) is 0 Å². The molecule has 7 nitrogen and oxygen atoms in total. The summed E-state index contributed by atoms with van der Waals surface area (Å²) in [6.07, 6.45) is 0. The molecule has 0 aromatic carbocycles. The van der Waals surface area contributed by atoms with Crippen molar-refractivity contribution in [3.05, 3.63) is 0 Å². The lowest BCUT2D eigenvalue weighted by Crippen LogP contribution is -2.50. The van der Waals surface area contributed by atoms with E-state index in [9.17, 15) is 4.79 Å². The van der Waals surface area contributed by atoms with Crippen LogP contribution in [0.1, 0.15) is 0 Å². The second-order valence-corrected chi connectivity index (χ2v) is 9.13. The highest BCUT2D eigenvalue weighted by Crippen LogP contribution is 2.14. The van der Waals surface area contributed by atoms with Gasteiger partial charge in [0.25, 0.3) is 0 Å². The van der Waals surface area contributed by atoms with Crippen molar-refractivity contribution in [1.82, 2.24) is 10.7 Å². The van der Waals surface area contributed by atoms with Crippen LogP contribution in [0.25, 0.3) is 0 Å². The van der Waals surface area contributed by atoms with Crippen molar-refractivity contribution in [2.75, 3.05) is 20.8 Å². The highest BCUT2D eigenvalue weighted by molar-refractivity contribution is 6.70. The molecule has 0 aromatic rings. The van der Waals surface area contributed by atoms with Crippen LogP contribution in [0.3, 0.4) is 0 Å². The van der Waals surface area contributed by atoms with Gasteiger partial charge in [0.1, 0.15) is 0 Å². The third kappa shape index (κ3) is 5.58. The lowest BCUT2D eigenvalue weighted by molar-refractivity contribution is 0.161. The number of hydrogen-bond acceptors (Lipinski definition) is 5. The van der Waals surface area contributed by atoms with Crippen molar-refractivity contribution >= 4 is 23.9 Å². The molecule has 0 rings (SSSR count). The van der Waals surface area contributed by atoms with Crippen LogP contribution >= 0.6 is 0 Å². The van der Waals surface area contributed by atoms with Gasteiger partial charge < -0.3 is 18.3 Å². The zero-order valence-electron chi connectivity index (χ0n) is 10.2. The average Bonchev–Trinajstić information content (AvgIpc) is 2.26. The van der Waals surface area contributed by atoms with Gasteiger partial charge in [0, 0.05) is 26.8 Å². The third-order valence-corrected chi connectivity index (χ3v) is 7.31. The van der Waals surface area contributed by atoms with Crippen LogP contribution in [0.5, 0.6) is 0 Å². The summed E-state index contributed by atoms with van der Waals surface area (Å²) in [6.45, 7) is 4.48. The van der Waals surface area contributed by atoms with Crippen molar-refractivity contribution < 1.29 is 17.8 Å². The molecule has 0 unspecified atom stereocenters. The number of amides is 2. The van der Waals surface area contributed by atoms with E-state index in [1.165, 1.54) is 0 Å². The normalized spacial score (nSPS) is 11.6. The lowest BCUT2D eigenvalue weighted by Gasteiger charge is -2.28. The summed E-state index contributed by atoms with van der Waals surface area (Å²) >= 11 is 0. The van der Waals surface area contributed by atoms with Gasteiger partial charge in [-0.2, -0.15) is 0 Å². The van der Waals surface area contributed by atoms with Gasteiger partial charge in [-0.25, -0.2) is 10.6 Å². The van der Waals surface area contributed by atoms with Gasteiger partial charge in [-0.05, 0) is 13.1 Å². The molecule has 0 aliphatic heterocycles. The Morgan fingerprint density at radius 1 is 1.38 bits per heavy atom. The monoisotopic (exact) mass is 267 g/mol. The number of carbonyl (C=O) groups excluding carboxylic acids is 1. The van der Waals surface area contributed by atoms with Gasteiger partial charge in [0.15, 0.2) is 9.04 Å². The number of urea groups is 1. The van der Waals surface area contributed by atoms with Crippen LogP contribution in [0.4, 0.5) is 4.79 Å². The predicted octanol–water partition coefficient (Wildman–Crippen LogP) is -0.609. The highest BCUT2D eigenvalue weighted by atomic mass is 28.4. The van der Waals surface area contributed by atoms with E-state index >= 15 is 0 Å². The van der Waals surface area contributed by atoms with Crippen molar-refractivity contribution in [3.8, 4) is 0 Å². The fourth-order valence-electron chi connectivity index (χ4n) is 1.18. The molecule has 0 aliphatic carbocycles. The van der Waals surface area contributed by atoms with Crippen molar-refractivity contribution in [3.63, 3.8) is 0 Å². The molecule has 9 heteroatoms. The molecule has 0 spiro atoms. The highest BCUT2D eigenvalue weighted by Gasteiger charge is 2.39. The number of hydrogen-bond donors (Lipinski definition) is 3. The Balaban J connectivity index is 4.16. The van der Waals surface area contributed by atoms with Crippen molar-refractivity contribution in [2.24, 2.45) is 5.84 Å². The number of nitrogens with one attached hydrogen (secondary N) is 2. The van der Waals surface area contributed by atoms with Gasteiger partial charge in [0.05, 0.1) is 0 Å². The third-order valence-electron chi connectivity index (χ3n) is 1.89. The Morgan fingerprint density at radius 3 is 2.31 bits per heavy atom. The molecule has 0 saturated carbocycles. The maximum Gasteiger partial charge on any atom is 0.491 e. The summed E-state index contributed by atoms with van der Waals surface area (Å²) in [5, 5.41) is 2.56. The summed E-state index contributed by atoms with van der Waals surface area (Å²) in [6, 6.07) is 0.0930. The average molecular weight is 267 g/mol. The first-order valence-corrected chi connectivity index (χ1v) is 9.73. The molecule has 4 N–H and O–H groups in total. The van der Waals surface area contributed by atoms with Crippen molar-refractivity contribution in [1.29, 1.82) is 0 Å². The molecular weight excluding hydrogens is 246 g/mol. The second-order valence-electron chi connectivity index (χ2n) is 3.41. The molecule has 2 amide bonds. The quantitative estimate of drug-likeness (QED) is 0.248. The standard InChI is InChI=1S/C7H21N3O4Si2/c1-12-16(13-2,14-15(3)4)6-5-9-7(11)10-8/h15H,5-6,8H2,1-4H3,(H2,9,10,11). The maximum atomic E-state index is 10.9. The van der Waals surface area contributed by atoms with E-state index in [0.29, 0.717) is 12.6 Å². The lowest BCUT2D eigenvalue weighted by atomic mass is 10.7. The molecule has 0 aliphatic rings. The first-order chi connectivity index (χ1) is 7.49. The number of rotatable bonds is 7. The predicted molar refractivity (Wildman–Crippen MR) is 65.3 cm³/mol. The second kappa shape index (κ2) is 7.76. The van der Waals surface area contributed by atoms with Crippen LogP contribution < -0.4 is 16.6 Å². The Labute approximate surface area is 98.7 Å². The fraction of sp³-hybridized carbons (Fsp3) is 0.857. The fourth-order valence-corrected chi connectivity index (χ4v) is 6.30. The van der Waals surface area contributed by atoms with Crippen LogP contribution in [0.2, 0.25) is 19.1 Å². The Hall–Kier alpha value is -0.456. The van der Waals surface area contributed by atoms with Gasteiger partial charge in [0.2, 0.25) is 0 Å². The van der Waals surface area contributed by atoms with E-state index in [1.807, 2.05) is 18.5 Å². The SMILES string of the molecule is CO[Si](CCNC(=O)NN)(OC)O[SiH](C)C. The Bertz CT molecular complexity index is 214. The Kier molecular flexibility index (Phi) is 7.54. The molecule has 0 aromatic heterocycles. The van der Waals surface area contributed by atoms with Crippen molar-refractivity contribution in [2.45, 2.75) is 19.1 Å². The van der Waals surface area contributed by atoms with Crippen LogP contribution in [-0.2, 0) is 13.0 Å². The van der Waals surface area contributed by atoms with E-state index in [-0.39, 0.29) is 0 Å². The topological polar surface area (TPSA) is 94.8 Å². The number of carbonyl (C=O) groups is 1. The van der Waals surface area contributed by atoms with E-state index in [2.05, 4.69) is 5.32 Å². The number of nitrogens with two attached hydrogens (primary N) is 1. The molecule has 0 atom stereocenters. The smallest absolute Gasteiger partial charge is 0.419 e. The summed E-state index contributed by atoms with van der Waals surface area (Å²) in [5.41, 5.74) is 1.98. The molecule has 96 valence electrons. The van der Waals surface area contributed by atoms with E-state index < -0.39 is 23.9 Å². The van der Waals surface area contributed by atoms with Gasteiger partial charge >= 0.3 is 14.8 Å². The minimum absolute atomic E-state index is 0.401. The first kappa shape index (κ1) is 15.5. The van der Waals surface area contributed by atoms with E-state index in [0.717, 1.165) is 0 Å². The van der Waals surface area contributed by atoms with Gasteiger partial charge in [-0.1, -0.05) is 0 Å². The van der Waals surface area contributed by atoms with Crippen LogP contribution in [0, 0.1) is 0 Å². The maximum absolute atomic E-state index is 10.9. The minimum Gasteiger partial charge on any atom is -0.419 e. The molecular formula is C7H21N3O4Si2. The zero-order chi connectivity index (χ0) is 12.6. The minimum atomic E-state index is -2.61. The summed E-state index contributed by atoms with van der Waals surface area (Å²) in [7, 11) is -0.724.